The molecule has 0 saturated carbocycles. The summed E-state index contributed by atoms with van der Waals surface area (Å²) in [4.78, 5) is 3.91. The fourth-order valence-electron chi connectivity index (χ4n) is 1.68. The minimum absolute atomic E-state index is 0.363. The van der Waals surface area contributed by atoms with Crippen LogP contribution in [-0.4, -0.2) is 64.0 Å². The van der Waals surface area contributed by atoms with Gasteiger partial charge in [0.2, 0.25) is 0 Å². The van der Waals surface area contributed by atoms with E-state index in [9.17, 15) is 10.2 Å². The number of rotatable bonds is 2. The zero-order valence-corrected chi connectivity index (χ0v) is 8.39. The van der Waals surface area contributed by atoms with Crippen molar-refractivity contribution in [1.29, 1.82) is 0 Å². The highest BCUT2D eigenvalue weighted by molar-refractivity contribution is 5.58. The van der Waals surface area contributed by atoms with Gasteiger partial charge in [0, 0.05) is 0 Å². The fourth-order valence-corrected chi connectivity index (χ4v) is 1.68. The molecule has 4 N–H and O–H groups in total. The van der Waals surface area contributed by atoms with Crippen LogP contribution >= 0.6 is 0 Å². The summed E-state index contributed by atoms with van der Waals surface area (Å²) in [6, 6.07) is 0. The average molecular weight is 227 g/mol. The Kier molecular flexibility index (Phi) is 3.09. The minimum Gasteiger partial charge on any atom is -0.394 e. The Hall–Kier alpha value is -1.17. The van der Waals surface area contributed by atoms with Crippen molar-refractivity contribution in [3.63, 3.8) is 0 Å². The lowest BCUT2D eigenvalue weighted by molar-refractivity contribution is -0.0827. The van der Waals surface area contributed by atoms with Gasteiger partial charge in [-0.15, -0.1) is 6.42 Å². The van der Waals surface area contributed by atoms with Crippen LogP contribution in [0.5, 0.6) is 0 Å². The first kappa shape index (κ1) is 11.3. The Labute approximate surface area is 92.3 Å². The van der Waals surface area contributed by atoms with Crippen LogP contribution < -0.4 is 5.43 Å². The normalized spacial score (nSPS) is 42.6. The molecule has 2 aliphatic rings. The molecule has 0 bridgehead atoms. The number of nitrogens with zero attached hydrogens (tertiary/aromatic N) is 2. The second kappa shape index (κ2) is 4.37. The Morgan fingerprint density at radius 2 is 2.25 bits per heavy atom. The summed E-state index contributed by atoms with van der Waals surface area (Å²) in [6.45, 7) is -0.363. The molecule has 1 fully saturated rings. The topological polar surface area (TPSA) is 97.6 Å². The third kappa shape index (κ3) is 1.77. The van der Waals surface area contributed by atoms with Crippen molar-refractivity contribution in [3.05, 3.63) is 0 Å². The van der Waals surface area contributed by atoms with E-state index in [1.54, 1.807) is 0 Å². The lowest BCUT2D eigenvalue weighted by Crippen LogP contribution is -2.49. The third-order valence-corrected chi connectivity index (χ3v) is 2.56. The van der Waals surface area contributed by atoms with Gasteiger partial charge in [0.05, 0.1) is 6.61 Å². The first-order valence-electron chi connectivity index (χ1n) is 4.83. The summed E-state index contributed by atoms with van der Waals surface area (Å²) in [5, 5.41) is 29.5. The van der Waals surface area contributed by atoms with E-state index in [2.05, 4.69) is 16.3 Å². The molecule has 0 aromatic heterocycles. The third-order valence-electron chi connectivity index (χ3n) is 2.56. The number of hydrogen-bond acceptors (Lipinski definition) is 7. The van der Waals surface area contributed by atoms with E-state index in [0.29, 0.717) is 0 Å². The molecule has 1 saturated heterocycles. The minimum atomic E-state index is -1.13. The number of hydrazine groups is 1. The van der Waals surface area contributed by atoms with Crippen LogP contribution in [0.1, 0.15) is 0 Å². The molecule has 5 atom stereocenters. The fraction of sp³-hybridized carbons (Fsp3) is 0.667. The molecule has 0 aromatic rings. The standard InChI is InChI=1S/C9H13N3O4/c1-2-6-10-4-12(11-6)9-8(15)7(14)5(3-13)16-9/h1,4-9,11,13-15H,3H2/t5-,6?,7?,8?,9-/m1/s1. The Morgan fingerprint density at radius 1 is 1.50 bits per heavy atom. The largest absolute Gasteiger partial charge is 0.394 e. The van der Waals surface area contributed by atoms with Gasteiger partial charge in [0.1, 0.15) is 24.7 Å². The van der Waals surface area contributed by atoms with Gasteiger partial charge in [-0.2, -0.15) is 5.43 Å². The Morgan fingerprint density at radius 3 is 2.75 bits per heavy atom. The van der Waals surface area contributed by atoms with Crippen LogP contribution in [0.2, 0.25) is 0 Å². The van der Waals surface area contributed by atoms with Crippen LogP contribution in [0.4, 0.5) is 0 Å². The van der Waals surface area contributed by atoms with Crippen molar-refractivity contribution < 1.29 is 20.1 Å². The molecule has 7 nitrogen and oxygen atoms in total. The van der Waals surface area contributed by atoms with E-state index in [1.165, 1.54) is 11.3 Å². The van der Waals surface area contributed by atoms with Gasteiger partial charge in [0.25, 0.3) is 0 Å². The van der Waals surface area contributed by atoms with Crippen LogP contribution in [-0.2, 0) is 4.74 Å². The van der Waals surface area contributed by atoms with Crippen molar-refractivity contribution >= 4 is 6.34 Å². The van der Waals surface area contributed by atoms with Gasteiger partial charge in [0.15, 0.2) is 12.4 Å². The van der Waals surface area contributed by atoms with E-state index in [1.807, 2.05) is 0 Å². The van der Waals surface area contributed by atoms with Crippen LogP contribution in [0.3, 0.4) is 0 Å². The number of ether oxygens (including phenoxy) is 1. The van der Waals surface area contributed by atoms with E-state index in [-0.39, 0.29) is 6.61 Å². The molecule has 3 unspecified atom stereocenters. The second-order valence-corrected chi connectivity index (χ2v) is 3.60. The predicted octanol–water partition coefficient (Wildman–Crippen LogP) is -2.77. The first-order chi connectivity index (χ1) is 7.67. The van der Waals surface area contributed by atoms with Gasteiger partial charge < -0.3 is 20.1 Å². The summed E-state index contributed by atoms with van der Waals surface area (Å²) in [7, 11) is 0. The lowest BCUT2D eigenvalue weighted by atomic mass is 10.1. The Bertz CT molecular complexity index is 329. The number of nitrogens with one attached hydrogen (secondary N) is 1. The van der Waals surface area contributed by atoms with E-state index >= 15 is 0 Å². The maximum absolute atomic E-state index is 9.70. The van der Waals surface area contributed by atoms with Gasteiger partial charge >= 0.3 is 0 Å². The highest BCUT2D eigenvalue weighted by atomic mass is 16.6. The smallest absolute Gasteiger partial charge is 0.179 e. The lowest BCUT2D eigenvalue weighted by Gasteiger charge is -2.25. The molecule has 2 aliphatic heterocycles. The van der Waals surface area contributed by atoms with Gasteiger partial charge in [-0.05, 0) is 0 Å². The molecular formula is C9H13N3O4. The number of aliphatic hydroxyl groups is 3. The van der Waals surface area contributed by atoms with Crippen LogP contribution in [0, 0.1) is 12.3 Å². The highest BCUT2D eigenvalue weighted by Crippen LogP contribution is 2.23. The number of aliphatic hydroxyl groups excluding tert-OH is 3. The average Bonchev–Trinajstić information content (AvgIpc) is 2.86. The Balaban J connectivity index is 2.02. The number of terminal acetylenes is 1. The van der Waals surface area contributed by atoms with Gasteiger partial charge in [-0.25, -0.2) is 4.99 Å². The van der Waals surface area contributed by atoms with E-state index in [0.717, 1.165) is 0 Å². The molecule has 0 spiro atoms. The number of hydrogen-bond donors (Lipinski definition) is 4. The molecular weight excluding hydrogens is 214 g/mol. The predicted molar refractivity (Wildman–Crippen MR) is 53.8 cm³/mol. The molecule has 0 aliphatic carbocycles. The molecule has 0 amide bonds. The van der Waals surface area contributed by atoms with Crippen molar-refractivity contribution in [2.75, 3.05) is 6.61 Å². The van der Waals surface area contributed by atoms with Crippen molar-refractivity contribution in [3.8, 4) is 12.3 Å². The monoisotopic (exact) mass is 227 g/mol. The zero-order chi connectivity index (χ0) is 11.7. The summed E-state index contributed by atoms with van der Waals surface area (Å²) in [5.41, 5.74) is 2.78. The van der Waals surface area contributed by atoms with Crippen molar-refractivity contribution in [1.82, 2.24) is 10.4 Å². The molecule has 2 heterocycles. The maximum Gasteiger partial charge on any atom is 0.179 e. The van der Waals surface area contributed by atoms with E-state index < -0.39 is 30.7 Å². The van der Waals surface area contributed by atoms with E-state index in [4.69, 9.17) is 16.3 Å². The SMILES string of the molecule is C#CC1N=CN([C@@H]2O[C@H](CO)C(O)C2O)N1. The van der Waals surface area contributed by atoms with Crippen LogP contribution in [0.25, 0.3) is 0 Å². The molecule has 88 valence electrons. The molecule has 2 rings (SSSR count). The first-order valence-corrected chi connectivity index (χ1v) is 4.83. The highest BCUT2D eigenvalue weighted by Gasteiger charge is 2.45. The quantitative estimate of drug-likeness (QED) is 0.381. The molecule has 0 radical (unpaired) electrons. The van der Waals surface area contributed by atoms with Crippen molar-refractivity contribution in [2.24, 2.45) is 4.99 Å². The summed E-state index contributed by atoms with van der Waals surface area (Å²) < 4.78 is 5.27. The maximum atomic E-state index is 9.70. The van der Waals surface area contributed by atoms with Crippen molar-refractivity contribution in [2.45, 2.75) is 30.7 Å². The molecule has 7 heteroatoms. The van der Waals surface area contributed by atoms with Gasteiger partial charge in [-0.3, -0.25) is 5.01 Å². The summed E-state index contributed by atoms with van der Waals surface area (Å²) in [6.07, 6.45) is 2.18. The zero-order valence-electron chi connectivity index (χ0n) is 8.39. The van der Waals surface area contributed by atoms with Gasteiger partial charge in [-0.1, -0.05) is 5.92 Å². The molecule has 0 aromatic carbocycles. The number of aliphatic imine (C=N–C) groups is 1. The molecule has 16 heavy (non-hydrogen) atoms. The van der Waals surface area contributed by atoms with Crippen LogP contribution in [0.15, 0.2) is 4.99 Å². The second-order valence-electron chi connectivity index (χ2n) is 3.60. The summed E-state index contributed by atoms with van der Waals surface area (Å²) >= 11 is 0. The summed E-state index contributed by atoms with van der Waals surface area (Å²) in [5.74, 6) is 2.37.